The number of rotatable bonds is 14. The molecule has 0 amide bonds. The first-order chi connectivity index (χ1) is 25.2. The molecule has 0 fully saturated rings. The summed E-state index contributed by atoms with van der Waals surface area (Å²) in [5, 5.41) is 13.1. The summed E-state index contributed by atoms with van der Waals surface area (Å²) in [4.78, 5) is 0. The summed E-state index contributed by atoms with van der Waals surface area (Å²) in [5.74, 6) is 2.33. The molecule has 0 aliphatic rings. The van der Waals surface area contributed by atoms with E-state index in [9.17, 15) is 5.11 Å². The van der Waals surface area contributed by atoms with Crippen LogP contribution in [0, 0.1) is 3.57 Å². The maximum absolute atomic E-state index is 10.9. The summed E-state index contributed by atoms with van der Waals surface area (Å²) in [6.45, 7) is 7.97. The van der Waals surface area contributed by atoms with E-state index in [1.165, 1.54) is 10.4 Å². The number of halogens is 1. The van der Waals surface area contributed by atoms with E-state index in [1.807, 2.05) is 66.7 Å². The molecule has 1 N–H and O–H groups in total. The Labute approximate surface area is 322 Å². The minimum Gasteiger partial charge on any atom is -0.507 e. The van der Waals surface area contributed by atoms with E-state index in [2.05, 4.69) is 116 Å². The van der Waals surface area contributed by atoms with E-state index in [-0.39, 0.29) is 10.8 Å². The van der Waals surface area contributed by atoms with Gasteiger partial charge in [0.05, 0.1) is 17.3 Å². The molecule has 0 heterocycles. The van der Waals surface area contributed by atoms with Crippen LogP contribution in [-0.2, 0) is 30.7 Å². The van der Waals surface area contributed by atoms with Gasteiger partial charge in [-0.25, -0.2) is 0 Å². The molecule has 0 aliphatic heterocycles. The first kappa shape index (κ1) is 37.2. The molecule has 0 radical (unpaired) electrons. The van der Waals surface area contributed by atoms with Gasteiger partial charge in [0, 0.05) is 23.1 Å². The molecule has 266 valence electrons. The molecule has 0 aromatic heterocycles. The number of phenolic OH excluding ortho intramolecular Hbond substituents is 1. The van der Waals surface area contributed by atoms with Crippen molar-refractivity contribution in [2.45, 2.75) is 52.1 Å². The number of hydrogen-bond acceptors (Lipinski definition) is 5. The fourth-order valence-electron chi connectivity index (χ4n) is 6.79. The molecule has 0 aliphatic carbocycles. The summed E-state index contributed by atoms with van der Waals surface area (Å²) in [6, 6.07) is 49.3. The van der Waals surface area contributed by atoms with Crippen LogP contribution in [0.4, 0.5) is 0 Å². The molecule has 52 heavy (non-hydrogen) atoms. The molecule has 0 saturated carbocycles. The van der Waals surface area contributed by atoms with Gasteiger partial charge in [-0.15, -0.1) is 0 Å². The number of phenols is 1. The highest BCUT2D eigenvalue weighted by Gasteiger charge is 2.50. The number of aromatic hydroxyl groups is 1. The first-order valence-electron chi connectivity index (χ1n) is 17.5. The van der Waals surface area contributed by atoms with Crippen LogP contribution in [0.3, 0.4) is 0 Å². The van der Waals surface area contributed by atoms with Crippen molar-refractivity contribution in [3.05, 3.63) is 177 Å². The highest BCUT2D eigenvalue weighted by atomic mass is 127. The van der Waals surface area contributed by atoms with Crippen LogP contribution >= 0.6 is 22.6 Å². The molecule has 6 aromatic carbocycles. The Kier molecular flexibility index (Phi) is 12.0. The Bertz CT molecular complexity index is 2010. The number of hydrogen-bond donors (Lipinski definition) is 1. The van der Waals surface area contributed by atoms with Gasteiger partial charge < -0.3 is 23.7 Å². The zero-order valence-electron chi connectivity index (χ0n) is 30.1. The topological polar surface area (TPSA) is 57.2 Å². The zero-order chi connectivity index (χ0) is 36.6. The second kappa shape index (κ2) is 16.8. The Balaban J connectivity index is 1.42. The monoisotopic (exact) mass is 820 g/mol. The SMILES string of the molecule is COc1c(CO[Si](c2ccccc2)(c2ccccc2)C(C)(C)C)cc(OCc2ccccc2)cc1Cc1cc(O)c(I)cc1OCc1ccccc1. The Hall–Kier alpha value is -4.57. The average Bonchev–Trinajstić information content (AvgIpc) is 3.16. The molecular formula is C45H45IO5Si. The molecule has 6 aromatic rings. The molecule has 0 spiro atoms. The quantitative estimate of drug-likeness (QED) is 0.0877. The lowest BCUT2D eigenvalue weighted by molar-refractivity contribution is 0.273. The lowest BCUT2D eigenvalue weighted by Gasteiger charge is -2.43. The summed E-state index contributed by atoms with van der Waals surface area (Å²) in [6.07, 6.45) is 0.437. The van der Waals surface area contributed by atoms with Crippen molar-refractivity contribution >= 4 is 41.3 Å². The lowest BCUT2D eigenvalue weighted by atomic mass is 9.99. The van der Waals surface area contributed by atoms with Crippen LogP contribution in [-0.4, -0.2) is 20.5 Å². The third kappa shape index (κ3) is 8.55. The maximum Gasteiger partial charge on any atom is 0.261 e. The summed E-state index contributed by atoms with van der Waals surface area (Å²) < 4.78 is 27.2. The van der Waals surface area contributed by atoms with Gasteiger partial charge in [-0.05, 0) is 73.4 Å². The molecule has 5 nitrogen and oxygen atoms in total. The van der Waals surface area contributed by atoms with Crippen molar-refractivity contribution in [3.8, 4) is 23.0 Å². The molecule has 0 unspecified atom stereocenters. The van der Waals surface area contributed by atoms with Crippen LogP contribution in [0.5, 0.6) is 23.0 Å². The van der Waals surface area contributed by atoms with Crippen molar-refractivity contribution in [3.63, 3.8) is 0 Å². The standard InChI is InChI=1S/C45H45IO5Si/c1-45(2,3)52(39-21-13-7-14-22-39,40-23-15-8-16-24-40)51-32-37-27-38(49-30-33-17-9-5-10-18-33)26-36(44(37)48-4)25-35-28-42(47)41(46)29-43(35)50-31-34-19-11-6-12-20-34/h5-24,26-29,47H,25,30-32H2,1-4H3. The fraction of sp³-hybridized carbons (Fsp3) is 0.200. The van der Waals surface area contributed by atoms with Gasteiger partial charge in [0.25, 0.3) is 8.32 Å². The molecule has 6 rings (SSSR count). The van der Waals surface area contributed by atoms with Crippen LogP contribution in [0.25, 0.3) is 0 Å². The minimum atomic E-state index is -2.86. The van der Waals surface area contributed by atoms with Crippen molar-refractivity contribution < 1.29 is 23.7 Å². The summed E-state index contributed by atoms with van der Waals surface area (Å²) in [5.41, 5.74) is 4.76. The molecule has 7 heteroatoms. The minimum absolute atomic E-state index is 0.198. The van der Waals surface area contributed by atoms with Gasteiger partial charge >= 0.3 is 0 Å². The third-order valence-electron chi connectivity index (χ3n) is 9.28. The molecule has 0 saturated heterocycles. The predicted octanol–water partition coefficient (Wildman–Crippen LogP) is 9.83. The van der Waals surface area contributed by atoms with Crippen LogP contribution in [0.15, 0.2) is 146 Å². The maximum atomic E-state index is 10.9. The van der Waals surface area contributed by atoms with Crippen LogP contribution in [0.1, 0.15) is 48.6 Å². The van der Waals surface area contributed by atoms with Gasteiger partial charge in [0.15, 0.2) is 0 Å². The lowest BCUT2D eigenvalue weighted by Crippen LogP contribution is -2.66. The molecule has 0 bridgehead atoms. The Morgan fingerprint density at radius 1 is 0.596 bits per heavy atom. The normalized spacial score (nSPS) is 11.6. The third-order valence-corrected chi connectivity index (χ3v) is 15.1. The Morgan fingerprint density at radius 2 is 1.10 bits per heavy atom. The van der Waals surface area contributed by atoms with Gasteiger partial charge in [-0.2, -0.15) is 0 Å². The highest BCUT2D eigenvalue weighted by Crippen LogP contribution is 2.40. The second-order valence-corrected chi connectivity index (χ2v) is 19.3. The van der Waals surface area contributed by atoms with Gasteiger partial charge in [0.1, 0.15) is 36.2 Å². The second-order valence-electron chi connectivity index (χ2n) is 13.9. The number of benzene rings is 6. The average molecular weight is 821 g/mol. The molecular weight excluding hydrogens is 775 g/mol. The van der Waals surface area contributed by atoms with E-state index >= 15 is 0 Å². The number of ether oxygens (including phenoxy) is 3. The van der Waals surface area contributed by atoms with Crippen molar-refractivity contribution in [2.24, 2.45) is 0 Å². The first-order valence-corrected chi connectivity index (χ1v) is 20.5. The van der Waals surface area contributed by atoms with E-state index in [0.717, 1.165) is 37.1 Å². The van der Waals surface area contributed by atoms with Crippen molar-refractivity contribution in [2.75, 3.05) is 7.11 Å². The summed E-state index contributed by atoms with van der Waals surface area (Å²) >= 11 is 2.14. The van der Waals surface area contributed by atoms with E-state index in [0.29, 0.717) is 37.7 Å². The van der Waals surface area contributed by atoms with Gasteiger partial charge in [-0.3, -0.25) is 0 Å². The van der Waals surface area contributed by atoms with Crippen LogP contribution in [0.2, 0.25) is 5.04 Å². The Morgan fingerprint density at radius 3 is 1.62 bits per heavy atom. The summed E-state index contributed by atoms with van der Waals surface area (Å²) in [7, 11) is -1.16. The van der Waals surface area contributed by atoms with E-state index in [1.54, 1.807) is 13.2 Å². The van der Waals surface area contributed by atoms with Gasteiger partial charge in [-0.1, -0.05) is 142 Å². The fourth-order valence-corrected chi connectivity index (χ4v) is 11.8. The van der Waals surface area contributed by atoms with Crippen molar-refractivity contribution in [1.82, 2.24) is 0 Å². The molecule has 0 atom stereocenters. The smallest absolute Gasteiger partial charge is 0.261 e. The van der Waals surface area contributed by atoms with E-state index in [4.69, 9.17) is 18.6 Å². The number of methoxy groups -OCH3 is 1. The zero-order valence-corrected chi connectivity index (χ0v) is 33.3. The van der Waals surface area contributed by atoms with Crippen LogP contribution < -0.4 is 24.6 Å². The highest BCUT2D eigenvalue weighted by molar-refractivity contribution is 14.1. The van der Waals surface area contributed by atoms with Crippen molar-refractivity contribution in [1.29, 1.82) is 0 Å². The van der Waals surface area contributed by atoms with E-state index < -0.39 is 8.32 Å². The van der Waals surface area contributed by atoms with Gasteiger partial charge in [0.2, 0.25) is 0 Å². The largest absolute Gasteiger partial charge is 0.507 e. The predicted molar refractivity (Wildman–Crippen MR) is 221 cm³/mol.